The van der Waals surface area contributed by atoms with Crippen molar-refractivity contribution in [2.45, 2.75) is 24.5 Å². The van der Waals surface area contributed by atoms with E-state index in [1.54, 1.807) is 17.0 Å². The maximum atomic E-state index is 13.2. The molecule has 1 fully saturated rings. The van der Waals surface area contributed by atoms with E-state index >= 15 is 0 Å². The Bertz CT molecular complexity index is 738. The summed E-state index contributed by atoms with van der Waals surface area (Å²) >= 11 is 0. The first-order valence-electron chi connectivity index (χ1n) is 8.89. The highest BCUT2D eigenvalue weighted by Crippen LogP contribution is 2.34. The standard InChI is InChI=1S/C21H25FN2O2/c1-23(2)19(16-8-10-18(22)11-9-16)20(25)24-14-12-21(26,13-15-24)17-6-4-3-5-7-17/h3-11,19,26H,12-15H2,1-2H3/t19-/m0/s1. The Balaban J connectivity index is 1.73. The molecule has 1 N–H and O–H groups in total. The molecule has 2 aromatic rings. The smallest absolute Gasteiger partial charge is 0.244 e. The molecule has 0 unspecified atom stereocenters. The maximum Gasteiger partial charge on any atom is 0.244 e. The summed E-state index contributed by atoms with van der Waals surface area (Å²) in [6.45, 7) is 0.992. The Morgan fingerprint density at radius 2 is 1.65 bits per heavy atom. The molecule has 5 heteroatoms. The average molecular weight is 356 g/mol. The first kappa shape index (κ1) is 18.5. The van der Waals surface area contributed by atoms with E-state index in [1.165, 1.54) is 12.1 Å². The molecule has 1 aliphatic rings. The van der Waals surface area contributed by atoms with Crippen molar-refractivity contribution in [2.75, 3.05) is 27.2 Å². The van der Waals surface area contributed by atoms with Crippen LogP contribution >= 0.6 is 0 Å². The lowest BCUT2D eigenvalue weighted by Crippen LogP contribution is -2.48. The molecule has 0 saturated carbocycles. The fourth-order valence-corrected chi connectivity index (χ4v) is 3.61. The molecule has 1 heterocycles. The predicted molar refractivity (Wildman–Crippen MR) is 99.0 cm³/mol. The quantitative estimate of drug-likeness (QED) is 0.916. The maximum absolute atomic E-state index is 13.2. The van der Waals surface area contributed by atoms with Crippen LogP contribution in [0.15, 0.2) is 54.6 Å². The Morgan fingerprint density at radius 3 is 2.19 bits per heavy atom. The van der Waals surface area contributed by atoms with Gasteiger partial charge in [-0.3, -0.25) is 9.69 Å². The molecule has 26 heavy (non-hydrogen) atoms. The summed E-state index contributed by atoms with van der Waals surface area (Å²) in [5.41, 5.74) is 0.779. The molecule has 0 aliphatic carbocycles. The van der Waals surface area contributed by atoms with Crippen molar-refractivity contribution in [3.63, 3.8) is 0 Å². The van der Waals surface area contributed by atoms with E-state index in [-0.39, 0.29) is 11.7 Å². The number of likely N-dealkylation sites (tertiary alicyclic amines) is 1. The monoisotopic (exact) mass is 356 g/mol. The average Bonchev–Trinajstić information content (AvgIpc) is 2.64. The van der Waals surface area contributed by atoms with E-state index in [9.17, 15) is 14.3 Å². The van der Waals surface area contributed by atoms with E-state index < -0.39 is 11.6 Å². The van der Waals surface area contributed by atoms with Crippen LogP contribution in [0.2, 0.25) is 0 Å². The van der Waals surface area contributed by atoms with Crippen LogP contribution in [0.25, 0.3) is 0 Å². The van der Waals surface area contributed by atoms with Gasteiger partial charge in [-0.1, -0.05) is 42.5 Å². The molecule has 1 atom stereocenters. The van der Waals surface area contributed by atoms with Crippen molar-refractivity contribution >= 4 is 5.91 Å². The number of hydrogen-bond donors (Lipinski definition) is 1. The summed E-state index contributed by atoms with van der Waals surface area (Å²) in [5.74, 6) is -0.332. The second-order valence-electron chi connectivity index (χ2n) is 7.14. The third kappa shape index (κ3) is 3.79. The lowest BCUT2D eigenvalue weighted by molar-refractivity contribution is -0.141. The molecular formula is C21H25FN2O2. The van der Waals surface area contributed by atoms with Crippen LogP contribution in [0.3, 0.4) is 0 Å². The zero-order valence-corrected chi connectivity index (χ0v) is 15.2. The highest BCUT2D eigenvalue weighted by atomic mass is 19.1. The van der Waals surface area contributed by atoms with Gasteiger partial charge >= 0.3 is 0 Å². The highest BCUT2D eigenvalue weighted by Gasteiger charge is 2.37. The number of nitrogens with zero attached hydrogens (tertiary/aromatic N) is 2. The van der Waals surface area contributed by atoms with Gasteiger partial charge in [-0.05, 0) is 50.2 Å². The minimum Gasteiger partial charge on any atom is -0.385 e. The highest BCUT2D eigenvalue weighted by molar-refractivity contribution is 5.83. The van der Waals surface area contributed by atoms with Gasteiger partial charge in [-0.15, -0.1) is 0 Å². The van der Waals surface area contributed by atoms with Crippen LogP contribution in [0.5, 0.6) is 0 Å². The van der Waals surface area contributed by atoms with Gasteiger partial charge in [0.15, 0.2) is 0 Å². The number of likely N-dealkylation sites (N-methyl/N-ethyl adjacent to an activating group) is 1. The van der Waals surface area contributed by atoms with Crippen molar-refractivity contribution in [1.29, 1.82) is 0 Å². The van der Waals surface area contributed by atoms with Crippen LogP contribution in [0.1, 0.15) is 30.0 Å². The lowest BCUT2D eigenvalue weighted by Gasteiger charge is -2.40. The first-order chi connectivity index (χ1) is 12.4. The fourth-order valence-electron chi connectivity index (χ4n) is 3.61. The van der Waals surface area contributed by atoms with Gasteiger partial charge < -0.3 is 10.0 Å². The second kappa shape index (κ2) is 7.56. The van der Waals surface area contributed by atoms with Crippen LogP contribution in [-0.4, -0.2) is 48.0 Å². The Kier molecular flexibility index (Phi) is 5.39. The summed E-state index contributed by atoms with van der Waals surface area (Å²) in [6, 6.07) is 15.2. The largest absolute Gasteiger partial charge is 0.385 e. The van der Waals surface area contributed by atoms with E-state index in [0.717, 1.165) is 11.1 Å². The number of benzene rings is 2. The number of carbonyl (C=O) groups excluding carboxylic acids is 1. The molecule has 0 radical (unpaired) electrons. The molecule has 0 spiro atoms. The van der Waals surface area contributed by atoms with Crippen LogP contribution < -0.4 is 0 Å². The van der Waals surface area contributed by atoms with Gasteiger partial charge in [0.1, 0.15) is 11.9 Å². The number of rotatable bonds is 4. The SMILES string of the molecule is CN(C)[C@H](C(=O)N1CCC(O)(c2ccccc2)CC1)c1ccc(F)cc1. The van der Waals surface area contributed by atoms with Crippen LogP contribution in [-0.2, 0) is 10.4 Å². The number of carbonyl (C=O) groups is 1. The molecule has 0 bridgehead atoms. The van der Waals surface area contributed by atoms with E-state index in [2.05, 4.69) is 0 Å². The van der Waals surface area contributed by atoms with Crippen LogP contribution in [0, 0.1) is 5.82 Å². The summed E-state index contributed by atoms with van der Waals surface area (Å²) in [6.07, 6.45) is 1.01. The minimum absolute atomic E-state index is 0.0169. The Labute approximate surface area is 153 Å². The van der Waals surface area contributed by atoms with E-state index in [1.807, 2.05) is 49.3 Å². The fraction of sp³-hybridized carbons (Fsp3) is 0.381. The molecule has 138 valence electrons. The number of aliphatic hydroxyl groups is 1. The summed E-state index contributed by atoms with van der Waals surface area (Å²) in [7, 11) is 3.69. The second-order valence-corrected chi connectivity index (χ2v) is 7.14. The first-order valence-corrected chi connectivity index (χ1v) is 8.89. The summed E-state index contributed by atoms with van der Waals surface area (Å²) in [4.78, 5) is 16.7. The Morgan fingerprint density at radius 1 is 1.08 bits per heavy atom. The summed E-state index contributed by atoms with van der Waals surface area (Å²) in [5, 5.41) is 10.9. The number of amides is 1. The molecule has 1 saturated heterocycles. The van der Waals surface area contributed by atoms with Gasteiger partial charge in [-0.25, -0.2) is 4.39 Å². The zero-order valence-electron chi connectivity index (χ0n) is 15.2. The van der Waals surface area contributed by atoms with Crippen molar-refractivity contribution < 1.29 is 14.3 Å². The summed E-state index contributed by atoms with van der Waals surface area (Å²) < 4.78 is 13.2. The van der Waals surface area contributed by atoms with Gasteiger partial charge in [0.05, 0.1) is 5.60 Å². The predicted octanol–water partition coefficient (Wildman–Crippen LogP) is 2.94. The van der Waals surface area contributed by atoms with E-state index in [0.29, 0.717) is 25.9 Å². The zero-order chi connectivity index (χ0) is 18.7. The molecule has 1 amide bonds. The third-order valence-electron chi connectivity index (χ3n) is 5.15. The topological polar surface area (TPSA) is 43.8 Å². The molecule has 3 rings (SSSR count). The molecular weight excluding hydrogens is 331 g/mol. The van der Waals surface area contributed by atoms with Crippen molar-refractivity contribution in [3.05, 3.63) is 71.5 Å². The van der Waals surface area contributed by atoms with Crippen molar-refractivity contribution in [1.82, 2.24) is 9.80 Å². The van der Waals surface area contributed by atoms with E-state index in [4.69, 9.17) is 0 Å². The van der Waals surface area contributed by atoms with Gasteiger partial charge in [0.2, 0.25) is 5.91 Å². The minimum atomic E-state index is -0.887. The molecule has 0 aromatic heterocycles. The van der Waals surface area contributed by atoms with Gasteiger partial charge in [-0.2, -0.15) is 0 Å². The molecule has 1 aliphatic heterocycles. The molecule has 4 nitrogen and oxygen atoms in total. The number of piperidine rings is 1. The van der Waals surface area contributed by atoms with Crippen molar-refractivity contribution in [3.8, 4) is 0 Å². The van der Waals surface area contributed by atoms with Gasteiger partial charge in [0.25, 0.3) is 0 Å². The lowest BCUT2D eigenvalue weighted by atomic mass is 9.84. The van der Waals surface area contributed by atoms with Crippen LogP contribution in [0.4, 0.5) is 4.39 Å². The van der Waals surface area contributed by atoms with Gasteiger partial charge in [0, 0.05) is 13.1 Å². The normalized spacial score (nSPS) is 18.0. The molecule has 2 aromatic carbocycles. The third-order valence-corrected chi connectivity index (χ3v) is 5.15. The number of halogens is 1. The Hall–Kier alpha value is -2.24. The van der Waals surface area contributed by atoms with Crippen molar-refractivity contribution in [2.24, 2.45) is 0 Å². The number of hydrogen-bond acceptors (Lipinski definition) is 3.